The number of unbranched alkanes of at least 4 members (excludes halogenated alkanes) is 3. The first kappa shape index (κ1) is 16.7. The number of hydrogen-bond donors (Lipinski definition) is 1. The standard InChI is InChI=1S/C12H24F3NO/c1-3-4-5-6-7-10(2)17-11(8-9-16)12(13,14)15/h10-11H,3-9,16H2,1-2H3. The fourth-order valence-corrected chi connectivity index (χ4v) is 1.67. The monoisotopic (exact) mass is 255 g/mol. The molecule has 0 heterocycles. The van der Waals surface area contributed by atoms with Gasteiger partial charge >= 0.3 is 6.18 Å². The molecule has 0 spiro atoms. The van der Waals surface area contributed by atoms with Crippen LogP contribution in [0.1, 0.15) is 52.4 Å². The first-order valence-corrected chi connectivity index (χ1v) is 6.34. The normalized spacial score (nSPS) is 15.9. The number of ether oxygens (including phenoxy) is 1. The van der Waals surface area contributed by atoms with Crippen LogP contribution in [-0.4, -0.2) is 24.9 Å². The fraction of sp³-hybridized carbons (Fsp3) is 1.00. The average molecular weight is 255 g/mol. The van der Waals surface area contributed by atoms with Crippen molar-refractivity contribution >= 4 is 0 Å². The number of nitrogens with two attached hydrogens (primary N) is 1. The maximum atomic E-state index is 12.5. The summed E-state index contributed by atoms with van der Waals surface area (Å²) in [6.07, 6.45) is -1.65. The van der Waals surface area contributed by atoms with Gasteiger partial charge in [-0.05, 0) is 26.3 Å². The van der Waals surface area contributed by atoms with E-state index in [1.165, 1.54) is 0 Å². The second-order valence-corrected chi connectivity index (χ2v) is 4.40. The highest BCUT2D eigenvalue weighted by molar-refractivity contribution is 4.70. The summed E-state index contributed by atoms with van der Waals surface area (Å²) in [5.74, 6) is 0. The van der Waals surface area contributed by atoms with Gasteiger partial charge in [0.1, 0.15) is 0 Å². The van der Waals surface area contributed by atoms with E-state index in [9.17, 15) is 13.2 Å². The molecule has 0 fully saturated rings. The van der Waals surface area contributed by atoms with E-state index in [0.717, 1.165) is 25.7 Å². The minimum Gasteiger partial charge on any atom is -0.366 e. The Morgan fingerprint density at radius 2 is 1.76 bits per heavy atom. The van der Waals surface area contributed by atoms with E-state index in [0.29, 0.717) is 6.42 Å². The lowest BCUT2D eigenvalue weighted by Crippen LogP contribution is -2.36. The molecule has 0 rings (SSSR count). The molecule has 104 valence electrons. The van der Waals surface area contributed by atoms with Crippen molar-refractivity contribution < 1.29 is 17.9 Å². The smallest absolute Gasteiger partial charge is 0.366 e. The van der Waals surface area contributed by atoms with Crippen molar-refractivity contribution in [1.29, 1.82) is 0 Å². The molecule has 17 heavy (non-hydrogen) atoms. The quantitative estimate of drug-likeness (QED) is 0.638. The fourth-order valence-electron chi connectivity index (χ4n) is 1.67. The summed E-state index contributed by atoms with van der Waals surface area (Å²) in [5, 5.41) is 0. The zero-order chi connectivity index (χ0) is 13.3. The van der Waals surface area contributed by atoms with Gasteiger partial charge in [0.25, 0.3) is 0 Å². The summed E-state index contributed by atoms with van der Waals surface area (Å²) in [6.45, 7) is 3.79. The third kappa shape index (κ3) is 8.44. The van der Waals surface area contributed by atoms with Crippen molar-refractivity contribution in [3.8, 4) is 0 Å². The molecule has 0 aromatic rings. The van der Waals surface area contributed by atoms with Crippen molar-refractivity contribution in [2.24, 2.45) is 5.73 Å². The second kappa shape index (κ2) is 8.75. The molecule has 0 aliphatic carbocycles. The minimum absolute atomic E-state index is 0.00721. The number of halogens is 3. The molecule has 2 nitrogen and oxygen atoms in total. The zero-order valence-corrected chi connectivity index (χ0v) is 10.7. The van der Waals surface area contributed by atoms with Crippen LogP contribution in [0.4, 0.5) is 13.2 Å². The van der Waals surface area contributed by atoms with E-state index in [4.69, 9.17) is 10.5 Å². The SMILES string of the molecule is CCCCCCC(C)OC(CCN)C(F)(F)F. The summed E-state index contributed by atoms with van der Waals surface area (Å²) < 4.78 is 42.6. The predicted octanol–water partition coefficient (Wildman–Crippen LogP) is 3.64. The predicted molar refractivity (Wildman–Crippen MR) is 62.8 cm³/mol. The summed E-state index contributed by atoms with van der Waals surface area (Å²) in [5.41, 5.74) is 5.16. The van der Waals surface area contributed by atoms with E-state index in [2.05, 4.69) is 6.92 Å². The van der Waals surface area contributed by atoms with Crippen LogP contribution >= 0.6 is 0 Å². The molecule has 0 radical (unpaired) electrons. The molecule has 5 heteroatoms. The molecule has 0 aliphatic rings. The van der Waals surface area contributed by atoms with Crippen LogP contribution in [-0.2, 0) is 4.74 Å². The molecule has 2 unspecified atom stereocenters. The summed E-state index contributed by atoms with van der Waals surface area (Å²) in [7, 11) is 0. The van der Waals surface area contributed by atoms with Gasteiger partial charge in [-0.15, -0.1) is 0 Å². The van der Waals surface area contributed by atoms with Crippen LogP contribution in [0, 0.1) is 0 Å². The van der Waals surface area contributed by atoms with Crippen molar-refractivity contribution in [1.82, 2.24) is 0 Å². The van der Waals surface area contributed by atoms with Crippen molar-refractivity contribution in [3.05, 3.63) is 0 Å². The van der Waals surface area contributed by atoms with Gasteiger partial charge in [-0.2, -0.15) is 13.2 Å². The largest absolute Gasteiger partial charge is 0.414 e. The summed E-state index contributed by atoms with van der Waals surface area (Å²) >= 11 is 0. The van der Waals surface area contributed by atoms with Gasteiger partial charge in [0.05, 0.1) is 6.10 Å². The Morgan fingerprint density at radius 3 is 2.24 bits per heavy atom. The van der Waals surface area contributed by atoms with E-state index in [1.807, 2.05) is 0 Å². The highest BCUT2D eigenvalue weighted by atomic mass is 19.4. The van der Waals surface area contributed by atoms with Crippen LogP contribution in [0.25, 0.3) is 0 Å². The van der Waals surface area contributed by atoms with Gasteiger partial charge in [0.2, 0.25) is 0 Å². The lowest BCUT2D eigenvalue weighted by atomic mass is 10.1. The molecule has 0 aliphatic heterocycles. The maximum absolute atomic E-state index is 12.5. The van der Waals surface area contributed by atoms with Gasteiger partial charge in [-0.25, -0.2) is 0 Å². The van der Waals surface area contributed by atoms with Crippen LogP contribution in [0.2, 0.25) is 0 Å². The number of rotatable bonds is 9. The average Bonchev–Trinajstić information content (AvgIpc) is 2.22. The Bertz CT molecular complexity index is 185. The third-order valence-electron chi connectivity index (χ3n) is 2.65. The van der Waals surface area contributed by atoms with E-state index < -0.39 is 12.3 Å². The Morgan fingerprint density at radius 1 is 1.12 bits per heavy atom. The maximum Gasteiger partial charge on any atom is 0.414 e. The molecule has 0 amide bonds. The number of alkyl halides is 3. The third-order valence-corrected chi connectivity index (χ3v) is 2.65. The first-order chi connectivity index (χ1) is 7.91. The van der Waals surface area contributed by atoms with Gasteiger partial charge in [0.15, 0.2) is 6.10 Å². The van der Waals surface area contributed by atoms with E-state index >= 15 is 0 Å². The molecule has 2 N–H and O–H groups in total. The van der Waals surface area contributed by atoms with Crippen LogP contribution in [0.3, 0.4) is 0 Å². The molecule has 0 aromatic carbocycles. The molecule has 2 atom stereocenters. The molecule has 0 aromatic heterocycles. The zero-order valence-electron chi connectivity index (χ0n) is 10.7. The van der Waals surface area contributed by atoms with Crippen LogP contribution < -0.4 is 5.73 Å². The van der Waals surface area contributed by atoms with Gasteiger partial charge in [-0.3, -0.25) is 0 Å². The van der Waals surface area contributed by atoms with E-state index in [1.54, 1.807) is 6.92 Å². The Balaban J connectivity index is 3.91. The lowest BCUT2D eigenvalue weighted by Gasteiger charge is -2.24. The van der Waals surface area contributed by atoms with Crippen molar-refractivity contribution in [2.75, 3.05) is 6.54 Å². The van der Waals surface area contributed by atoms with Crippen LogP contribution in [0.5, 0.6) is 0 Å². The van der Waals surface area contributed by atoms with Gasteiger partial charge in [-0.1, -0.05) is 32.6 Å². The van der Waals surface area contributed by atoms with Gasteiger partial charge in [0, 0.05) is 0 Å². The Labute approximate surface area is 102 Å². The Kier molecular flexibility index (Phi) is 8.60. The van der Waals surface area contributed by atoms with Gasteiger partial charge < -0.3 is 10.5 Å². The molecular formula is C12H24F3NO. The summed E-state index contributed by atoms with van der Waals surface area (Å²) in [6, 6.07) is 0. The molecule has 0 saturated carbocycles. The molecule has 0 bridgehead atoms. The second-order valence-electron chi connectivity index (χ2n) is 4.40. The van der Waals surface area contributed by atoms with Crippen molar-refractivity contribution in [2.45, 2.75) is 70.8 Å². The topological polar surface area (TPSA) is 35.2 Å². The first-order valence-electron chi connectivity index (χ1n) is 6.34. The number of hydrogen-bond acceptors (Lipinski definition) is 2. The summed E-state index contributed by atoms with van der Waals surface area (Å²) in [4.78, 5) is 0. The molecular weight excluding hydrogens is 231 g/mol. The van der Waals surface area contributed by atoms with Crippen molar-refractivity contribution in [3.63, 3.8) is 0 Å². The highest BCUT2D eigenvalue weighted by Crippen LogP contribution is 2.26. The molecule has 0 saturated heterocycles. The van der Waals surface area contributed by atoms with Crippen LogP contribution in [0.15, 0.2) is 0 Å². The lowest BCUT2D eigenvalue weighted by molar-refractivity contribution is -0.232. The van der Waals surface area contributed by atoms with E-state index in [-0.39, 0.29) is 19.1 Å². The Hall–Kier alpha value is -0.290. The minimum atomic E-state index is -4.31. The highest BCUT2D eigenvalue weighted by Gasteiger charge is 2.40.